The van der Waals surface area contributed by atoms with Crippen molar-refractivity contribution in [2.75, 3.05) is 0 Å². The van der Waals surface area contributed by atoms with Crippen LogP contribution in [0.25, 0.3) is 11.3 Å². The van der Waals surface area contributed by atoms with Crippen LogP contribution in [0.5, 0.6) is 0 Å². The average molecular weight is 307 g/mol. The zero-order valence-electron chi connectivity index (χ0n) is 10.7. The van der Waals surface area contributed by atoms with Gasteiger partial charge in [0.25, 0.3) is 0 Å². The van der Waals surface area contributed by atoms with Gasteiger partial charge in [0.1, 0.15) is 17.8 Å². The summed E-state index contributed by atoms with van der Waals surface area (Å²) in [5, 5.41) is 13.4. The Bertz CT molecular complexity index is 707. The normalized spacial score (nSPS) is 10.9. The first-order valence-electron chi connectivity index (χ1n) is 5.91. The molecule has 0 N–H and O–H groups in total. The van der Waals surface area contributed by atoms with Gasteiger partial charge in [0.2, 0.25) is 0 Å². The molecule has 0 unspecified atom stereocenters. The molecule has 5 nitrogen and oxygen atoms in total. The van der Waals surface area contributed by atoms with Crippen LogP contribution < -0.4 is 0 Å². The maximum atomic E-state index is 5.86. The molecule has 0 aliphatic rings. The summed E-state index contributed by atoms with van der Waals surface area (Å²) in [5.74, 6) is 1.45. The molecule has 0 aliphatic carbocycles. The van der Waals surface area contributed by atoms with Crippen molar-refractivity contribution in [3.8, 4) is 11.3 Å². The molecular formula is C13H11ClN4OS. The van der Waals surface area contributed by atoms with Crippen molar-refractivity contribution in [3.63, 3.8) is 0 Å². The quantitative estimate of drug-likeness (QED) is 0.691. The molecule has 3 aromatic rings. The first-order chi connectivity index (χ1) is 9.72. The zero-order valence-corrected chi connectivity index (χ0v) is 12.2. The number of aromatic nitrogens is 4. The monoisotopic (exact) mass is 306 g/mol. The maximum Gasteiger partial charge on any atom is 0.191 e. The number of halogens is 1. The van der Waals surface area contributed by atoms with Gasteiger partial charge < -0.3 is 9.09 Å². The minimum absolute atomic E-state index is 0.660. The summed E-state index contributed by atoms with van der Waals surface area (Å²) < 4.78 is 7.19. The van der Waals surface area contributed by atoms with E-state index in [4.69, 9.17) is 16.1 Å². The highest BCUT2D eigenvalue weighted by Crippen LogP contribution is 2.25. The van der Waals surface area contributed by atoms with Crippen LogP contribution in [0.3, 0.4) is 0 Å². The van der Waals surface area contributed by atoms with Crippen LogP contribution in [0.1, 0.15) is 5.76 Å². The second-order valence-electron chi connectivity index (χ2n) is 4.20. The van der Waals surface area contributed by atoms with Gasteiger partial charge >= 0.3 is 0 Å². The Morgan fingerprint density at radius 2 is 2.10 bits per heavy atom. The molecule has 0 atom stereocenters. The molecule has 0 radical (unpaired) electrons. The molecular weight excluding hydrogens is 296 g/mol. The summed E-state index contributed by atoms with van der Waals surface area (Å²) in [6, 6.07) is 9.42. The fourth-order valence-electron chi connectivity index (χ4n) is 1.68. The third-order valence-electron chi connectivity index (χ3n) is 2.71. The van der Waals surface area contributed by atoms with Crippen molar-refractivity contribution in [1.82, 2.24) is 19.9 Å². The third-order valence-corrected chi connectivity index (χ3v) is 4.02. The smallest absolute Gasteiger partial charge is 0.191 e. The molecule has 7 heteroatoms. The van der Waals surface area contributed by atoms with Crippen molar-refractivity contribution < 1.29 is 4.52 Å². The Labute approximate surface area is 124 Å². The SMILES string of the molecule is Cn1cnnc1SCc1cc(-c2ccc(Cl)cc2)no1. The van der Waals surface area contributed by atoms with E-state index in [0.29, 0.717) is 10.8 Å². The topological polar surface area (TPSA) is 56.7 Å². The molecule has 2 heterocycles. The second kappa shape index (κ2) is 5.68. The summed E-state index contributed by atoms with van der Waals surface area (Å²) in [6.45, 7) is 0. The molecule has 20 heavy (non-hydrogen) atoms. The Kier molecular flexibility index (Phi) is 3.75. The second-order valence-corrected chi connectivity index (χ2v) is 5.58. The van der Waals surface area contributed by atoms with Crippen molar-refractivity contribution >= 4 is 23.4 Å². The van der Waals surface area contributed by atoms with E-state index in [1.54, 1.807) is 18.1 Å². The van der Waals surface area contributed by atoms with Gasteiger partial charge in [-0.3, -0.25) is 0 Å². The van der Waals surface area contributed by atoms with Crippen LogP contribution in [-0.4, -0.2) is 19.9 Å². The molecule has 102 valence electrons. The minimum Gasteiger partial charge on any atom is -0.360 e. The first-order valence-corrected chi connectivity index (χ1v) is 7.27. The van der Waals surface area contributed by atoms with Crippen molar-refractivity contribution in [2.45, 2.75) is 10.9 Å². The molecule has 0 fully saturated rings. The number of benzene rings is 1. The van der Waals surface area contributed by atoms with E-state index in [1.165, 1.54) is 0 Å². The lowest BCUT2D eigenvalue weighted by atomic mass is 10.1. The molecule has 0 saturated carbocycles. The number of aryl methyl sites for hydroxylation is 1. The zero-order chi connectivity index (χ0) is 13.9. The van der Waals surface area contributed by atoms with Gasteiger partial charge in [0.15, 0.2) is 5.16 Å². The molecule has 0 saturated heterocycles. The largest absolute Gasteiger partial charge is 0.360 e. The van der Waals surface area contributed by atoms with E-state index < -0.39 is 0 Å². The molecule has 0 bridgehead atoms. The standard InChI is InChI=1S/C13H11ClN4OS/c1-18-8-15-16-13(18)20-7-11-6-12(17-19-11)9-2-4-10(14)5-3-9/h2-6,8H,7H2,1H3. The number of thioether (sulfide) groups is 1. The van der Waals surface area contributed by atoms with Gasteiger partial charge in [-0.1, -0.05) is 40.7 Å². The Morgan fingerprint density at radius 1 is 1.30 bits per heavy atom. The van der Waals surface area contributed by atoms with Crippen molar-refractivity contribution in [1.29, 1.82) is 0 Å². The molecule has 0 spiro atoms. The van der Waals surface area contributed by atoms with E-state index in [9.17, 15) is 0 Å². The summed E-state index contributed by atoms with van der Waals surface area (Å²) in [7, 11) is 1.90. The lowest BCUT2D eigenvalue weighted by molar-refractivity contribution is 0.397. The van der Waals surface area contributed by atoms with E-state index >= 15 is 0 Å². The number of nitrogens with zero attached hydrogens (tertiary/aromatic N) is 4. The Hall–Kier alpha value is -1.79. The predicted molar refractivity (Wildman–Crippen MR) is 77.5 cm³/mol. The van der Waals surface area contributed by atoms with E-state index in [2.05, 4.69) is 15.4 Å². The van der Waals surface area contributed by atoms with Crippen molar-refractivity contribution in [3.05, 3.63) is 47.4 Å². The fraction of sp³-hybridized carbons (Fsp3) is 0.154. The van der Waals surface area contributed by atoms with Crippen LogP contribution in [0.4, 0.5) is 0 Å². The highest BCUT2D eigenvalue weighted by molar-refractivity contribution is 7.98. The van der Waals surface area contributed by atoms with Crippen LogP contribution in [0, 0.1) is 0 Å². The van der Waals surface area contributed by atoms with E-state index in [0.717, 1.165) is 22.2 Å². The minimum atomic E-state index is 0.660. The van der Waals surface area contributed by atoms with Gasteiger partial charge in [0, 0.05) is 23.7 Å². The highest BCUT2D eigenvalue weighted by Gasteiger charge is 2.09. The molecule has 0 aliphatic heterocycles. The van der Waals surface area contributed by atoms with Crippen LogP contribution >= 0.6 is 23.4 Å². The number of rotatable bonds is 4. The van der Waals surface area contributed by atoms with E-state index in [1.807, 2.05) is 41.9 Å². The highest BCUT2D eigenvalue weighted by atomic mass is 35.5. The van der Waals surface area contributed by atoms with Gasteiger partial charge in [-0.05, 0) is 12.1 Å². The molecule has 3 rings (SSSR count). The summed E-state index contributed by atoms with van der Waals surface area (Å²) in [4.78, 5) is 0. The maximum absolute atomic E-state index is 5.86. The molecule has 0 amide bonds. The lowest BCUT2D eigenvalue weighted by Crippen LogP contribution is -1.88. The average Bonchev–Trinajstić information content (AvgIpc) is 3.06. The lowest BCUT2D eigenvalue weighted by Gasteiger charge is -1.96. The number of hydrogen-bond acceptors (Lipinski definition) is 5. The third kappa shape index (κ3) is 2.86. The van der Waals surface area contributed by atoms with Gasteiger partial charge in [-0.25, -0.2) is 0 Å². The Morgan fingerprint density at radius 3 is 2.80 bits per heavy atom. The summed E-state index contributed by atoms with van der Waals surface area (Å²) in [5.41, 5.74) is 1.78. The van der Waals surface area contributed by atoms with Gasteiger partial charge in [-0.15, -0.1) is 10.2 Å². The summed E-state index contributed by atoms with van der Waals surface area (Å²) in [6.07, 6.45) is 1.67. The first kappa shape index (κ1) is 13.2. The van der Waals surface area contributed by atoms with Crippen LogP contribution in [-0.2, 0) is 12.8 Å². The summed E-state index contributed by atoms with van der Waals surface area (Å²) >= 11 is 7.42. The Balaban J connectivity index is 1.71. The van der Waals surface area contributed by atoms with Crippen LogP contribution in [0.15, 0.2) is 46.3 Å². The van der Waals surface area contributed by atoms with Crippen LogP contribution in [0.2, 0.25) is 5.02 Å². The van der Waals surface area contributed by atoms with Gasteiger partial charge in [-0.2, -0.15) is 0 Å². The molecule has 2 aromatic heterocycles. The predicted octanol–water partition coefficient (Wildman–Crippen LogP) is 3.42. The van der Waals surface area contributed by atoms with E-state index in [-0.39, 0.29) is 0 Å². The van der Waals surface area contributed by atoms with Gasteiger partial charge in [0.05, 0.1) is 5.75 Å². The fourth-order valence-corrected chi connectivity index (χ4v) is 2.57. The number of hydrogen-bond donors (Lipinski definition) is 0. The van der Waals surface area contributed by atoms with Crippen molar-refractivity contribution in [2.24, 2.45) is 7.05 Å². The molecule has 1 aromatic carbocycles.